The van der Waals surface area contributed by atoms with Crippen molar-refractivity contribution in [3.05, 3.63) is 98.0 Å². The zero-order valence-corrected chi connectivity index (χ0v) is 16.5. The molecule has 1 aliphatic heterocycles. The first-order valence-electron chi connectivity index (χ1n) is 7.52. The Kier molecular flexibility index (Phi) is 6.05. The molecule has 0 bridgehead atoms. The van der Waals surface area contributed by atoms with Gasteiger partial charge in [0, 0.05) is 37.0 Å². The predicted octanol–water partition coefficient (Wildman–Crippen LogP) is 6.74. The van der Waals surface area contributed by atoms with E-state index in [1.54, 1.807) is 18.2 Å². The lowest BCUT2D eigenvalue weighted by Crippen LogP contribution is -2.05. The van der Waals surface area contributed by atoms with Crippen LogP contribution < -0.4 is 0 Å². The van der Waals surface area contributed by atoms with Gasteiger partial charge in [-0.15, -0.1) is 0 Å². The molecule has 0 saturated heterocycles. The lowest BCUT2D eigenvalue weighted by atomic mass is 10.0. The number of aliphatic imine (C=N–C) groups is 1. The molecule has 0 spiro atoms. The minimum atomic E-state index is 0.436. The van der Waals surface area contributed by atoms with E-state index in [9.17, 15) is 4.79 Å². The van der Waals surface area contributed by atoms with Crippen LogP contribution in [0.15, 0.2) is 81.7 Å². The van der Waals surface area contributed by atoms with Gasteiger partial charge in [-0.2, -0.15) is 0 Å². The zero-order valence-electron chi connectivity index (χ0n) is 13.4. The van der Waals surface area contributed by atoms with E-state index in [4.69, 9.17) is 39.8 Å². The van der Waals surface area contributed by atoms with E-state index in [-0.39, 0.29) is 0 Å². The van der Waals surface area contributed by atoms with Gasteiger partial charge in [-0.05, 0) is 36.4 Å². The van der Waals surface area contributed by atoms with E-state index in [1.807, 2.05) is 29.7 Å². The normalized spacial score (nSPS) is 14.0. The number of carbonyl (C=O) groups is 1. The second-order valence-corrected chi connectivity index (χ2v) is 7.54. The van der Waals surface area contributed by atoms with Crippen molar-refractivity contribution in [2.24, 2.45) is 4.99 Å². The van der Waals surface area contributed by atoms with Gasteiger partial charge >= 0.3 is 0 Å². The van der Waals surface area contributed by atoms with Crippen molar-refractivity contribution in [2.45, 2.75) is 4.90 Å². The molecule has 1 heterocycles. The van der Waals surface area contributed by atoms with Gasteiger partial charge in [0.15, 0.2) is 0 Å². The van der Waals surface area contributed by atoms with Gasteiger partial charge in [-0.1, -0.05) is 65.3 Å². The number of allylic oxidation sites excluding steroid dienone is 3. The van der Waals surface area contributed by atoms with E-state index in [0.29, 0.717) is 32.0 Å². The standard InChI is InChI=1S/C20H12Cl3NOS/c1-2-12(10-25)7-15-11-26-19-9-14(22)4-6-17(19)20(24-15)16-5-3-13(21)8-18(16)23/h2-11H,1H2/b12-7+. The monoisotopic (exact) mass is 419 g/mol. The fraction of sp³-hybridized carbons (Fsp3) is 0. The second-order valence-electron chi connectivity index (χ2n) is 5.35. The summed E-state index contributed by atoms with van der Waals surface area (Å²) in [7, 11) is 0. The van der Waals surface area contributed by atoms with Crippen LogP contribution in [-0.2, 0) is 4.79 Å². The van der Waals surface area contributed by atoms with Gasteiger partial charge in [-0.25, -0.2) is 4.99 Å². The number of halogens is 3. The Morgan fingerprint density at radius 1 is 1.04 bits per heavy atom. The molecule has 0 radical (unpaired) electrons. The second kappa shape index (κ2) is 8.28. The number of hydrogen-bond donors (Lipinski definition) is 0. The van der Waals surface area contributed by atoms with E-state index in [0.717, 1.165) is 22.3 Å². The van der Waals surface area contributed by atoms with Crippen LogP contribution in [0.5, 0.6) is 0 Å². The summed E-state index contributed by atoms with van der Waals surface area (Å²) < 4.78 is 0. The van der Waals surface area contributed by atoms with E-state index in [2.05, 4.69) is 6.58 Å². The minimum absolute atomic E-state index is 0.436. The summed E-state index contributed by atoms with van der Waals surface area (Å²) in [5, 5.41) is 3.53. The van der Waals surface area contributed by atoms with Gasteiger partial charge in [-0.3, -0.25) is 4.79 Å². The molecule has 0 N–H and O–H groups in total. The fourth-order valence-corrected chi connectivity index (χ4v) is 3.98. The highest BCUT2D eigenvalue weighted by Crippen LogP contribution is 2.35. The van der Waals surface area contributed by atoms with Gasteiger partial charge in [0.25, 0.3) is 0 Å². The third-order valence-electron chi connectivity index (χ3n) is 3.62. The Labute approximate surface area is 170 Å². The molecule has 2 aromatic carbocycles. The molecule has 0 saturated carbocycles. The fourth-order valence-electron chi connectivity index (χ4n) is 2.39. The number of carbonyl (C=O) groups excluding carboxylic acids is 1. The van der Waals surface area contributed by atoms with Crippen LogP contribution >= 0.6 is 46.6 Å². The Hall–Kier alpha value is -1.78. The third-order valence-corrected chi connectivity index (χ3v) is 5.35. The van der Waals surface area contributed by atoms with Crippen LogP contribution in [0.3, 0.4) is 0 Å². The predicted molar refractivity (Wildman–Crippen MR) is 112 cm³/mol. The van der Waals surface area contributed by atoms with Crippen molar-refractivity contribution in [3.8, 4) is 0 Å². The molecule has 26 heavy (non-hydrogen) atoms. The minimum Gasteiger partial charge on any atom is -0.298 e. The van der Waals surface area contributed by atoms with Crippen molar-refractivity contribution in [1.82, 2.24) is 0 Å². The van der Waals surface area contributed by atoms with Crippen LogP contribution in [0.25, 0.3) is 0 Å². The molecule has 0 unspecified atom stereocenters. The van der Waals surface area contributed by atoms with Crippen LogP contribution in [0, 0.1) is 0 Å². The number of nitrogens with zero attached hydrogens (tertiary/aromatic N) is 1. The molecule has 6 heteroatoms. The first kappa shape index (κ1) is 19.0. The molecule has 3 rings (SSSR count). The number of aldehydes is 1. The van der Waals surface area contributed by atoms with Crippen LogP contribution in [0.4, 0.5) is 0 Å². The van der Waals surface area contributed by atoms with Crippen molar-refractivity contribution < 1.29 is 4.79 Å². The highest BCUT2D eigenvalue weighted by Gasteiger charge is 2.18. The molecule has 130 valence electrons. The van der Waals surface area contributed by atoms with Crippen molar-refractivity contribution >= 4 is 58.6 Å². The number of fused-ring (bicyclic) bond motifs is 1. The highest BCUT2D eigenvalue weighted by atomic mass is 35.5. The number of rotatable bonds is 4. The molecule has 0 amide bonds. The first-order valence-corrected chi connectivity index (χ1v) is 9.53. The number of thioether (sulfide) groups is 1. The summed E-state index contributed by atoms with van der Waals surface area (Å²) in [6.45, 7) is 3.64. The summed E-state index contributed by atoms with van der Waals surface area (Å²) in [5.41, 5.74) is 3.37. The maximum atomic E-state index is 11.1. The molecule has 1 aliphatic rings. The van der Waals surface area contributed by atoms with E-state index < -0.39 is 0 Å². The van der Waals surface area contributed by atoms with Gasteiger partial charge in [0.2, 0.25) is 0 Å². The molecule has 0 atom stereocenters. The molecule has 2 nitrogen and oxygen atoms in total. The zero-order chi connectivity index (χ0) is 18.7. The summed E-state index contributed by atoms with van der Waals surface area (Å²) in [4.78, 5) is 16.8. The van der Waals surface area contributed by atoms with Crippen LogP contribution in [-0.4, -0.2) is 12.0 Å². The lowest BCUT2D eigenvalue weighted by molar-refractivity contribution is -0.104. The Balaban J connectivity index is 2.23. The van der Waals surface area contributed by atoms with Crippen molar-refractivity contribution in [2.75, 3.05) is 0 Å². The van der Waals surface area contributed by atoms with Crippen LogP contribution in [0.1, 0.15) is 11.1 Å². The smallest absolute Gasteiger partial charge is 0.150 e. The van der Waals surface area contributed by atoms with Gasteiger partial charge in [0.1, 0.15) is 6.29 Å². The van der Waals surface area contributed by atoms with Crippen LogP contribution in [0.2, 0.25) is 15.1 Å². The number of benzene rings is 2. The maximum absolute atomic E-state index is 11.1. The third kappa shape index (κ3) is 4.13. The lowest BCUT2D eigenvalue weighted by Gasteiger charge is -2.11. The maximum Gasteiger partial charge on any atom is 0.150 e. The molecule has 2 aromatic rings. The molecular formula is C20H12Cl3NOS. The van der Waals surface area contributed by atoms with Crippen molar-refractivity contribution in [1.29, 1.82) is 0 Å². The Bertz CT molecular complexity index is 983. The summed E-state index contributed by atoms with van der Waals surface area (Å²) in [6, 6.07) is 10.9. The van der Waals surface area contributed by atoms with E-state index >= 15 is 0 Å². The summed E-state index contributed by atoms with van der Waals surface area (Å²) in [5.74, 6) is 0. The van der Waals surface area contributed by atoms with E-state index in [1.165, 1.54) is 17.8 Å². The highest BCUT2D eigenvalue weighted by molar-refractivity contribution is 8.02. The van der Waals surface area contributed by atoms with Crippen molar-refractivity contribution in [3.63, 3.8) is 0 Å². The molecular weight excluding hydrogens is 409 g/mol. The first-order chi connectivity index (χ1) is 12.5. The molecule has 0 aromatic heterocycles. The van der Waals surface area contributed by atoms with Gasteiger partial charge in [0.05, 0.1) is 16.4 Å². The molecule has 0 fully saturated rings. The summed E-state index contributed by atoms with van der Waals surface area (Å²) in [6.07, 6.45) is 3.89. The Morgan fingerprint density at radius 3 is 2.38 bits per heavy atom. The number of hydrogen-bond acceptors (Lipinski definition) is 3. The average molecular weight is 421 g/mol. The average Bonchev–Trinajstić information content (AvgIpc) is 2.79. The summed E-state index contributed by atoms with van der Waals surface area (Å²) >= 11 is 20.1. The quantitative estimate of drug-likeness (QED) is 0.311. The SMILES string of the molecule is C=C/C(C=O)=C\C1=CSc2cc(Cl)ccc2C(c2ccc(Cl)cc2Cl)=N1. The largest absolute Gasteiger partial charge is 0.298 e. The Morgan fingerprint density at radius 2 is 1.73 bits per heavy atom. The van der Waals surface area contributed by atoms with Gasteiger partial charge < -0.3 is 0 Å². The topological polar surface area (TPSA) is 29.4 Å². The molecule has 0 aliphatic carbocycles.